The van der Waals surface area contributed by atoms with Crippen LogP contribution in [0.2, 0.25) is 5.02 Å². The average Bonchev–Trinajstić information content (AvgIpc) is 2.61. The van der Waals surface area contributed by atoms with Gasteiger partial charge in [-0.05, 0) is 30.3 Å². The van der Waals surface area contributed by atoms with Crippen LogP contribution < -0.4 is 10.2 Å². The first-order valence-corrected chi connectivity index (χ1v) is 8.03. The van der Waals surface area contributed by atoms with Crippen molar-refractivity contribution in [1.29, 1.82) is 0 Å². The van der Waals surface area contributed by atoms with Crippen molar-refractivity contribution < 1.29 is 18.0 Å². The van der Waals surface area contributed by atoms with Crippen LogP contribution in [0.15, 0.2) is 36.4 Å². The van der Waals surface area contributed by atoms with Crippen LogP contribution in [0.4, 0.5) is 29.3 Å². The molecule has 0 bridgehead atoms. The zero-order chi connectivity index (χ0) is 18.0. The molecule has 8 heteroatoms. The predicted octanol–water partition coefficient (Wildman–Crippen LogP) is 4.11. The number of nitrogens with zero attached hydrogens (tertiary/aromatic N) is 2. The Hall–Kier alpha value is -2.41. The van der Waals surface area contributed by atoms with Gasteiger partial charge in [-0.2, -0.15) is 0 Å². The Balaban J connectivity index is 1.58. The number of piperazine rings is 1. The molecule has 1 fully saturated rings. The molecule has 2 aromatic rings. The molecule has 0 radical (unpaired) electrons. The van der Waals surface area contributed by atoms with Gasteiger partial charge in [-0.1, -0.05) is 11.6 Å². The van der Waals surface area contributed by atoms with Crippen molar-refractivity contribution in [3.8, 4) is 0 Å². The second-order valence-corrected chi connectivity index (χ2v) is 6.04. The second kappa shape index (κ2) is 7.23. The lowest BCUT2D eigenvalue weighted by atomic mass is 10.2. The third-order valence-electron chi connectivity index (χ3n) is 4.01. The predicted molar refractivity (Wildman–Crippen MR) is 90.6 cm³/mol. The van der Waals surface area contributed by atoms with Crippen molar-refractivity contribution in [3.63, 3.8) is 0 Å². The summed E-state index contributed by atoms with van der Waals surface area (Å²) in [5.74, 6) is -2.46. The summed E-state index contributed by atoms with van der Waals surface area (Å²) in [5.41, 5.74) is 0.976. The molecule has 0 aliphatic carbocycles. The van der Waals surface area contributed by atoms with E-state index >= 15 is 0 Å². The Morgan fingerprint density at radius 3 is 2.24 bits per heavy atom. The smallest absolute Gasteiger partial charge is 0.321 e. The third kappa shape index (κ3) is 3.99. The molecule has 3 rings (SSSR count). The Kier molecular flexibility index (Phi) is 5.03. The maximum Gasteiger partial charge on any atom is 0.321 e. The van der Waals surface area contributed by atoms with E-state index in [2.05, 4.69) is 5.32 Å². The van der Waals surface area contributed by atoms with E-state index in [-0.39, 0.29) is 16.7 Å². The van der Waals surface area contributed by atoms with Gasteiger partial charge in [-0.3, -0.25) is 0 Å². The minimum absolute atomic E-state index is 0.0519. The van der Waals surface area contributed by atoms with Crippen molar-refractivity contribution in [1.82, 2.24) is 4.90 Å². The summed E-state index contributed by atoms with van der Waals surface area (Å²) in [4.78, 5) is 15.8. The quantitative estimate of drug-likeness (QED) is 0.864. The van der Waals surface area contributed by atoms with E-state index in [1.165, 1.54) is 12.1 Å². The lowest BCUT2D eigenvalue weighted by Gasteiger charge is -2.36. The van der Waals surface area contributed by atoms with Gasteiger partial charge in [0.2, 0.25) is 0 Å². The Morgan fingerprint density at radius 2 is 1.60 bits per heavy atom. The number of hydrogen-bond donors (Lipinski definition) is 1. The Morgan fingerprint density at radius 1 is 0.920 bits per heavy atom. The second-order valence-electron chi connectivity index (χ2n) is 5.63. The maximum absolute atomic E-state index is 13.2. The van der Waals surface area contributed by atoms with Gasteiger partial charge < -0.3 is 15.1 Å². The van der Waals surface area contributed by atoms with Crippen LogP contribution in [0.25, 0.3) is 0 Å². The zero-order valence-corrected chi connectivity index (χ0v) is 13.9. The fraction of sp³-hybridized carbons (Fsp3) is 0.235. The highest BCUT2D eigenvalue weighted by molar-refractivity contribution is 6.31. The van der Waals surface area contributed by atoms with Gasteiger partial charge in [0.05, 0.1) is 5.02 Å². The standard InChI is InChI=1S/C17H15ClF3N3O/c18-13-10-12(2-4-14(13)19)23-5-7-24(8-6-23)17(25)22-11-1-3-15(20)16(21)9-11/h1-4,9-10H,5-8H2,(H,22,25). The molecule has 4 nitrogen and oxygen atoms in total. The first-order chi connectivity index (χ1) is 11.9. The van der Waals surface area contributed by atoms with Crippen LogP contribution in [0, 0.1) is 17.5 Å². The molecule has 1 saturated heterocycles. The number of rotatable bonds is 2. The van der Waals surface area contributed by atoms with Gasteiger partial charge in [0, 0.05) is 43.6 Å². The van der Waals surface area contributed by atoms with Crippen LogP contribution in [0.3, 0.4) is 0 Å². The van der Waals surface area contributed by atoms with Crippen molar-refractivity contribution >= 4 is 29.0 Å². The van der Waals surface area contributed by atoms with Crippen LogP contribution >= 0.6 is 11.6 Å². The molecule has 1 aliphatic rings. The molecule has 0 aromatic heterocycles. The topological polar surface area (TPSA) is 35.6 Å². The molecule has 1 N–H and O–H groups in total. The van der Waals surface area contributed by atoms with E-state index in [9.17, 15) is 18.0 Å². The van der Waals surface area contributed by atoms with Crippen LogP contribution in [0.5, 0.6) is 0 Å². The SMILES string of the molecule is O=C(Nc1ccc(F)c(F)c1)N1CCN(c2ccc(F)c(Cl)c2)CC1. The molecule has 1 aliphatic heterocycles. The van der Waals surface area contributed by atoms with Crippen LogP contribution in [0.1, 0.15) is 0 Å². The first-order valence-electron chi connectivity index (χ1n) is 7.65. The largest absolute Gasteiger partial charge is 0.368 e. The van der Waals surface area contributed by atoms with Crippen molar-refractivity contribution in [2.24, 2.45) is 0 Å². The third-order valence-corrected chi connectivity index (χ3v) is 4.30. The number of carbonyl (C=O) groups is 1. The van der Waals surface area contributed by atoms with Gasteiger partial charge in [-0.25, -0.2) is 18.0 Å². The first kappa shape index (κ1) is 17.4. The highest BCUT2D eigenvalue weighted by atomic mass is 35.5. The Labute approximate surface area is 147 Å². The summed E-state index contributed by atoms with van der Waals surface area (Å²) in [7, 11) is 0. The van der Waals surface area contributed by atoms with Gasteiger partial charge in [-0.15, -0.1) is 0 Å². The summed E-state index contributed by atoms with van der Waals surface area (Å²) in [6, 6.07) is 7.30. The van der Waals surface area contributed by atoms with Crippen molar-refractivity contribution in [2.75, 3.05) is 36.4 Å². The number of benzene rings is 2. The van der Waals surface area contributed by atoms with E-state index in [1.807, 2.05) is 4.90 Å². The number of carbonyl (C=O) groups excluding carboxylic acids is 1. The summed E-state index contributed by atoms with van der Waals surface area (Å²) < 4.78 is 39.3. The van der Waals surface area contributed by atoms with Gasteiger partial charge >= 0.3 is 6.03 Å². The number of halogens is 4. The molecule has 0 spiro atoms. The van der Waals surface area contributed by atoms with E-state index < -0.39 is 17.5 Å². The van der Waals surface area contributed by atoms with E-state index in [0.717, 1.165) is 17.8 Å². The number of amides is 2. The molecular weight excluding hydrogens is 355 g/mol. The lowest BCUT2D eigenvalue weighted by Crippen LogP contribution is -2.50. The summed E-state index contributed by atoms with van der Waals surface area (Å²) in [6.07, 6.45) is 0. The highest BCUT2D eigenvalue weighted by Gasteiger charge is 2.22. The molecule has 132 valence electrons. The van der Waals surface area contributed by atoms with Gasteiger partial charge in [0.25, 0.3) is 0 Å². The van der Waals surface area contributed by atoms with Gasteiger partial charge in [0.15, 0.2) is 11.6 Å². The number of urea groups is 1. The summed E-state index contributed by atoms with van der Waals surface area (Å²) in [6.45, 7) is 1.97. The number of hydrogen-bond acceptors (Lipinski definition) is 2. The average molecular weight is 370 g/mol. The minimum Gasteiger partial charge on any atom is -0.368 e. The molecule has 0 saturated carbocycles. The van der Waals surface area contributed by atoms with E-state index in [4.69, 9.17) is 11.6 Å². The normalized spacial score (nSPS) is 14.6. The summed E-state index contributed by atoms with van der Waals surface area (Å²) >= 11 is 5.79. The molecule has 2 amide bonds. The maximum atomic E-state index is 13.2. The zero-order valence-electron chi connectivity index (χ0n) is 13.1. The van der Waals surface area contributed by atoms with Crippen LogP contribution in [-0.4, -0.2) is 37.1 Å². The molecule has 2 aromatic carbocycles. The number of anilines is 2. The van der Waals surface area contributed by atoms with Crippen LogP contribution in [-0.2, 0) is 0 Å². The van der Waals surface area contributed by atoms with Gasteiger partial charge in [0.1, 0.15) is 5.82 Å². The lowest BCUT2D eigenvalue weighted by molar-refractivity contribution is 0.208. The molecule has 0 atom stereocenters. The molecule has 0 unspecified atom stereocenters. The fourth-order valence-electron chi connectivity index (χ4n) is 2.63. The molecule has 25 heavy (non-hydrogen) atoms. The highest BCUT2D eigenvalue weighted by Crippen LogP contribution is 2.23. The van der Waals surface area contributed by atoms with E-state index in [1.54, 1.807) is 17.0 Å². The monoisotopic (exact) mass is 369 g/mol. The molecular formula is C17H15ClF3N3O. The Bertz CT molecular complexity index is 795. The van der Waals surface area contributed by atoms with E-state index in [0.29, 0.717) is 26.2 Å². The number of nitrogens with one attached hydrogen (secondary N) is 1. The van der Waals surface area contributed by atoms with Crippen molar-refractivity contribution in [2.45, 2.75) is 0 Å². The fourth-order valence-corrected chi connectivity index (χ4v) is 2.80. The molecule has 1 heterocycles. The summed E-state index contributed by atoms with van der Waals surface area (Å²) in [5, 5.41) is 2.59. The van der Waals surface area contributed by atoms with Crippen molar-refractivity contribution in [3.05, 3.63) is 58.9 Å². The minimum atomic E-state index is -1.02.